The first-order chi connectivity index (χ1) is 11.6. The number of imidazole rings is 1. The fourth-order valence-electron chi connectivity index (χ4n) is 2.11. The van der Waals surface area contributed by atoms with Crippen LogP contribution in [0.2, 0.25) is 0 Å². The van der Waals surface area contributed by atoms with Crippen LogP contribution in [0.25, 0.3) is 5.69 Å². The SMILES string of the molecule is COc1cncc(-n2cnc(Nc3cccc(OC(C)C)n3)c2)c1. The van der Waals surface area contributed by atoms with Crippen LogP contribution in [0.5, 0.6) is 11.6 Å². The van der Waals surface area contributed by atoms with Gasteiger partial charge in [-0.1, -0.05) is 6.07 Å². The fraction of sp³-hybridized carbons (Fsp3) is 0.235. The van der Waals surface area contributed by atoms with Crippen LogP contribution in [0, 0.1) is 0 Å². The van der Waals surface area contributed by atoms with E-state index in [2.05, 4.69) is 20.3 Å². The Hall–Kier alpha value is -3.09. The van der Waals surface area contributed by atoms with Crippen molar-refractivity contribution in [1.82, 2.24) is 19.5 Å². The van der Waals surface area contributed by atoms with Crippen LogP contribution in [0.4, 0.5) is 11.6 Å². The highest BCUT2D eigenvalue weighted by Gasteiger charge is 2.05. The van der Waals surface area contributed by atoms with E-state index in [1.807, 2.05) is 48.9 Å². The second-order valence-corrected chi connectivity index (χ2v) is 5.40. The highest BCUT2D eigenvalue weighted by molar-refractivity contribution is 5.52. The van der Waals surface area contributed by atoms with Crippen LogP contribution in [0.15, 0.2) is 49.2 Å². The molecule has 3 rings (SSSR count). The Kier molecular flexibility index (Phi) is 4.60. The van der Waals surface area contributed by atoms with E-state index in [0.29, 0.717) is 23.3 Å². The van der Waals surface area contributed by atoms with Crippen LogP contribution in [0.1, 0.15) is 13.8 Å². The molecule has 0 aliphatic heterocycles. The van der Waals surface area contributed by atoms with Crippen molar-refractivity contribution in [2.45, 2.75) is 20.0 Å². The zero-order chi connectivity index (χ0) is 16.9. The van der Waals surface area contributed by atoms with Gasteiger partial charge in [0, 0.05) is 12.1 Å². The molecule has 0 spiro atoms. The summed E-state index contributed by atoms with van der Waals surface area (Å²) in [7, 11) is 1.61. The lowest BCUT2D eigenvalue weighted by molar-refractivity contribution is 0.233. The quantitative estimate of drug-likeness (QED) is 0.750. The molecule has 0 aliphatic rings. The molecule has 24 heavy (non-hydrogen) atoms. The second-order valence-electron chi connectivity index (χ2n) is 5.40. The maximum atomic E-state index is 5.59. The number of nitrogens with zero attached hydrogens (tertiary/aromatic N) is 4. The first kappa shape index (κ1) is 15.8. The Labute approximate surface area is 140 Å². The van der Waals surface area contributed by atoms with Gasteiger partial charge < -0.3 is 19.4 Å². The van der Waals surface area contributed by atoms with Gasteiger partial charge in [0.15, 0.2) is 0 Å². The molecule has 3 aromatic rings. The molecule has 124 valence electrons. The van der Waals surface area contributed by atoms with Crippen LogP contribution in [-0.4, -0.2) is 32.7 Å². The van der Waals surface area contributed by atoms with Crippen LogP contribution < -0.4 is 14.8 Å². The number of pyridine rings is 2. The van der Waals surface area contributed by atoms with Gasteiger partial charge in [0.25, 0.3) is 0 Å². The molecule has 3 aromatic heterocycles. The molecule has 0 atom stereocenters. The maximum absolute atomic E-state index is 5.59. The molecule has 7 nitrogen and oxygen atoms in total. The van der Waals surface area contributed by atoms with Gasteiger partial charge in [-0.05, 0) is 19.9 Å². The van der Waals surface area contributed by atoms with Crippen molar-refractivity contribution in [2.24, 2.45) is 0 Å². The molecule has 0 saturated carbocycles. The van der Waals surface area contributed by atoms with E-state index in [-0.39, 0.29) is 6.10 Å². The van der Waals surface area contributed by atoms with Crippen LogP contribution in [-0.2, 0) is 0 Å². The minimum absolute atomic E-state index is 0.0764. The van der Waals surface area contributed by atoms with E-state index in [4.69, 9.17) is 9.47 Å². The molecule has 0 saturated heterocycles. The predicted molar refractivity (Wildman–Crippen MR) is 91.2 cm³/mol. The Balaban J connectivity index is 1.76. The molecule has 7 heteroatoms. The summed E-state index contributed by atoms with van der Waals surface area (Å²) in [6.45, 7) is 3.93. The monoisotopic (exact) mass is 325 g/mol. The van der Waals surface area contributed by atoms with Gasteiger partial charge >= 0.3 is 0 Å². The van der Waals surface area contributed by atoms with Crippen LogP contribution in [0.3, 0.4) is 0 Å². The Bertz CT molecular complexity index is 816. The van der Waals surface area contributed by atoms with Gasteiger partial charge in [-0.3, -0.25) is 4.98 Å². The summed E-state index contributed by atoms with van der Waals surface area (Å²) in [5, 5.41) is 3.16. The Morgan fingerprint density at radius 1 is 1.17 bits per heavy atom. The number of methoxy groups -OCH3 is 1. The summed E-state index contributed by atoms with van der Waals surface area (Å²) in [5.74, 6) is 2.61. The highest BCUT2D eigenvalue weighted by Crippen LogP contribution is 2.19. The molecule has 1 N–H and O–H groups in total. The highest BCUT2D eigenvalue weighted by atomic mass is 16.5. The molecule has 0 radical (unpaired) electrons. The average molecular weight is 325 g/mol. The van der Waals surface area contributed by atoms with Crippen molar-refractivity contribution in [3.05, 3.63) is 49.2 Å². The summed E-state index contributed by atoms with van der Waals surface area (Å²) < 4.78 is 12.6. The van der Waals surface area contributed by atoms with Crippen molar-refractivity contribution in [1.29, 1.82) is 0 Å². The number of ether oxygens (including phenoxy) is 2. The zero-order valence-electron chi connectivity index (χ0n) is 13.8. The molecule has 0 aliphatic carbocycles. The summed E-state index contributed by atoms with van der Waals surface area (Å²) in [4.78, 5) is 12.9. The van der Waals surface area contributed by atoms with E-state index in [0.717, 1.165) is 5.69 Å². The van der Waals surface area contributed by atoms with Gasteiger partial charge in [-0.2, -0.15) is 4.98 Å². The average Bonchev–Trinajstić information content (AvgIpc) is 3.03. The van der Waals surface area contributed by atoms with Gasteiger partial charge in [-0.15, -0.1) is 0 Å². The van der Waals surface area contributed by atoms with E-state index in [9.17, 15) is 0 Å². The van der Waals surface area contributed by atoms with Gasteiger partial charge in [0.1, 0.15) is 23.7 Å². The van der Waals surface area contributed by atoms with Crippen LogP contribution >= 0.6 is 0 Å². The molecule has 0 bridgehead atoms. The summed E-state index contributed by atoms with van der Waals surface area (Å²) in [6.07, 6.45) is 7.03. The number of anilines is 2. The topological polar surface area (TPSA) is 74.1 Å². The first-order valence-corrected chi connectivity index (χ1v) is 7.58. The molecular weight excluding hydrogens is 306 g/mol. The molecule has 3 heterocycles. The molecule has 0 amide bonds. The number of hydrogen-bond acceptors (Lipinski definition) is 6. The second kappa shape index (κ2) is 6.99. The zero-order valence-corrected chi connectivity index (χ0v) is 13.8. The number of rotatable bonds is 6. The lowest BCUT2D eigenvalue weighted by Crippen LogP contribution is -2.07. The number of hydrogen-bond donors (Lipinski definition) is 1. The fourth-order valence-corrected chi connectivity index (χ4v) is 2.11. The van der Waals surface area contributed by atoms with E-state index < -0.39 is 0 Å². The predicted octanol–water partition coefficient (Wildman–Crippen LogP) is 3.20. The summed E-state index contributed by atoms with van der Waals surface area (Å²) >= 11 is 0. The van der Waals surface area contributed by atoms with Crippen molar-refractivity contribution < 1.29 is 9.47 Å². The maximum Gasteiger partial charge on any atom is 0.215 e. The molecule has 0 aromatic carbocycles. The minimum atomic E-state index is 0.0764. The minimum Gasteiger partial charge on any atom is -0.495 e. The lowest BCUT2D eigenvalue weighted by Gasteiger charge is -2.09. The van der Waals surface area contributed by atoms with Crippen molar-refractivity contribution in [3.63, 3.8) is 0 Å². The normalized spacial score (nSPS) is 10.7. The molecule has 0 unspecified atom stereocenters. The number of nitrogens with one attached hydrogen (secondary N) is 1. The Morgan fingerprint density at radius 3 is 2.83 bits per heavy atom. The largest absolute Gasteiger partial charge is 0.495 e. The number of aromatic nitrogens is 4. The third-order valence-corrected chi connectivity index (χ3v) is 3.15. The third-order valence-electron chi connectivity index (χ3n) is 3.15. The van der Waals surface area contributed by atoms with Crippen molar-refractivity contribution in [3.8, 4) is 17.3 Å². The standard InChI is InChI=1S/C17H19N5O2/c1-12(2)24-17-6-4-5-15(21-17)20-16-10-22(11-19-16)13-7-14(23-3)9-18-8-13/h4-12H,1-3H3,(H,20,21). The third kappa shape index (κ3) is 3.81. The van der Waals surface area contributed by atoms with Crippen molar-refractivity contribution >= 4 is 11.6 Å². The van der Waals surface area contributed by atoms with E-state index in [1.165, 1.54) is 0 Å². The Morgan fingerprint density at radius 2 is 2.04 bits per heavy atom. The first-order valence-electron chi connectivity index (χ1n) is 7.58. The van der Waals surface area contributed by atoms with Gasteiger partial charge in [0.2, 0.25) is 5.88 Å². The van der Waals surface area contributed by atoms with E-state index >= 15 is 0 Å². The van der Waals surface area contributed by atoms with Crippen molar-refractivity contribution in [2.75, 3.05) is 12.4 Å². The smallest absolute Gasteiger partial charge is 0.215 e. The van der Waals surface area contributed by atoms with Gasteiger partial charge in [-0.25, -0.2) is 4.98 Å². The summed E-state index contributed by atoms with van der Waals surface area (Å²) in [6, 6.07) is 7.45. The molecular formula is C17H19N5O2. The van der Waals surface area contributed by atoms with Gasteiger partial charge in [0.05, 0.1) is 37.5 Å². The molecule has 0 fully saturated rings. The lowest BCUT2D eigenvalue weighted by atomic mass is 10.4. The summed E-state index contributed by atoms with van der Waals surface area (Å²) in [5.41, 5.74) is 0.861. The van der Waals surface area contributed by atoms with E-state index in [1.54, 1.807) is 25.8 Å².